The van der Waals surface area contributed by atoms with Crippen LogP contribution in [0.4, 0.5) is 0 Å². The molecule has 1 aromatic heterocycles. The van der Waals surface area contributed by atoms with Crippen molar-refractivity contribution in [2.24, 2.45) is 0 Å². The first-order chi connectivity index (χ1) is 10.4. The molecule has 0 atom stereocenters. The van der Waals surface area contributed by atoms with E-state index in [0.717, 1.165) is 11.0 Å². The molecule has 0 aliphatic carbocycles. The molecule has 0 aliphatic rings. The zero-order valence-electron chi connectivity index (χ0n) is 12.5. The van der Waals surface area contributed by atoms with Crippen LogP contribution in [-0.4, -0.2) is 10.7 Å². The van der Waals surface area contributed by atoms with Gasteiger partial charge < -0.3 is 0 Å². The highest BCUT2D eigenvalue weighted by Gasteiger charge is 2.08. The fourth-order valence-corrected chi connectivity index (χ4v) is 3.87. The maximum absolute atomic E-state index is 4.78. The number of hydrogen-bond donors (Lipinski definition) is 0. The van der Waals surface area contributed by atoms with Gasteiger partial charge in [0.1, 0.15) is 0 Å². The molecule has 2 aromatic carbocycles. The van der Waals surface area contributed by atoms with Crippen LogP contribution in [0, 0.1) is 0 Å². The van der Waals surface area contributed by atoms with Crippen LogP contribution in [0.15, 0.2) is 53.4 Å². The Balaban J connectivity index is 1.96. The van der Waals surface area contributed by atoms with Crippen LogP contribution in [0.1, 0.15) is 32.6 Å². The quantitative estimate of drug-likeness (QED) is 0.311. The van der Waals surface area contributed by atoms with E-state index in [0.29, 0.717) is 0 Å². The van der Waals surface area contributed by atoms with E-state index in [4.69, 9.17) is 4.98 Å². The number of nitrogens with zero attached hydrogens (tertiary/aromatic N) is 1. The second-order valence-electron chi connectivity index (χ2n) is 5.38. The minimum Gasteiger partial charge on any atom is -0.248 e. The molecule has 21 heavy (non-hydrogen) atoms. The van der Waals surface area contributed by atoms with Gasteiger partial charge in [-0.15, -0.1) is 11.8 Å². The van der Waals surface area contributed by atoms with Gasteiger partial charge in [0.2, 0.25) is 0 Å². The number of hydrogen-bond acceptors (Lipinski definition) is 2. The minimum absolute atomic E-state index is 1.10. The Morgan fingerprint density at radius 2 is 1.43 bits per heavy atom. The number of para-hydroxylation sites is 2. The fraction of sp³-hybridized carbons (Fsp3) is 0.316. The highest BCUT2D eigenvalue weighted by Crippen LogP contribution is 2.34. The van der Waals surface area contributed by atoms with Crippen molar-refractivity contribution >= 4 is 33.6 Å². The summed E-state index contributed by atoms with van der Waals surface area (Å²) in [5, 5.41) is 2.58. The number of thioether (sulfide) groups is 1. The summed E-state index contributed by atoms with van der Waals surface area (Å²) in [4.78, 5) is 6.18. The highest BCUT2D eigenvalue weighted by atomic mass is 32.2. The van der Waals surface area contributed by atoms with Crippen LogP contribution in [0.25, 0.3) is 21.8 Å². The van der Waals surface area contributed by atoms with E-state index in [-0.39, 0.29) is 0 Å². The van der Waals surface area contributed by atoms with Gasteiger partial charge in [-0.1, -0.05) is 62.6 Å². The van der Waals surface area contributed by atoms with Gasteiger partial charge >= 0.3 is 0 Å². The molecule has 2 heteroatoms. The zero-order chi connectivity index (χ0) is 14.5. The molecular weight excluding hydrogens is 274 g/mol. The number of rotatable bonds is 6. The topological polar surface area (TPSA) is 12.9 Å². The third-order valence-corrected chi connectivity index (χ3v) is 5.00. The number of benzene rings is 2. The first-order valence-corrected chi connectivity index (χ1v) is 8.79. The average molecular weight is 295 g/mol. The molecule has 0 radical (unpaired) electrons. The molecule has 0 amide bonds. The summed E-state index contributed by atoms with van der Waals surface area (Å²) in [6.45, 7) is 2.26. The number of pyridine rings is 1. The largest absolute Gasteiger partial charge is 0.248 e. The summed E-state index contributed by atoms with van der Waals surface area (Å²) < 4.78 is 0. The molecule has 0 N–H and O–H groups in total. The maximum Gasteiger partial charge on any atom is 0.0721 e. The first-order valence-electron chi connectivity index (χ1n) is 7.80. The van der Waals surface area contributed by atoms with E-state index in [9.17, 15) is 0 Å². The van der Waals surface area contributed by atoms with E-state index < -0.39 is 0 Å². The van der Waals surface area contributed by atoms with E-state index in [1.807, 2.05) is 11.8 Å². The van der Waals surface area contributed by atoms with Gasteiger partial charge in [-0.05, 0) is 24.3 Å². The molecule has 3 aromatic rings. The van der Waals surface area contributed by atoms with Crippen molar-refractivity contribution in [3.05, 3.63) is 48.5 Å². The van der Waals surface area contributed by atoms with Crippen molar-refractivity contribution in [2.75, 3.05) is 5.75 Å². The fourth-order valence-electron chi connectivity index (χ4n) is 2.66. The normalized spacial score (nSPS) is 11.3. The predicted octanol–water partition coefficient (Wildman–Crippen LogP) is 6.06. The molecule has 1 heterocycles. The lowest BCUT2D eigenvalue weighted by Crippen LogP contribution is -1.88. The standard InChI is InChI=1S/C19H21NS/c1-2-3-4-9-14-21-19-15-10-5-7-12-17(15)20-18-13-8-6-11-16(18)19/h5-8,10-13H,2-4,9,14H2,1H3. The molecule has 1 nitrogen and oxygen atoms in total. The molecule has 0 bridgehead atoms. The monoisotopic (exact) mass is 295 g/mol. The number of unbranched alkanes of at least 4 members (excludes halogenated alkanes) is 3. The molecule has 0 saturated carbocycles. The van der Waals surface area contributed by atoms with Crippen molar-refractivity contribution in [1.82, 2.24) is 4.98 Å². The predicted molar refractivity (Wildman–Crippen MR) is 94.1 cm³/mol. The Hall–Kier alpha value is -1.54. The van der Waals surface area contributed by atoms with Crippen LogP contribution in [0.2, 0.25) is 0 Å². The zero-order valence-corrected chi connectivity index (χ0v) is 13.3. The second kappa shape index (κ2) is 6.95. The van der Waals surface area contributed by atoms with Gasteiger partial charge in [-0.3, -0.25) is 0 Å². The lowest BCUT2D eigenvalue weighted by molar-refractivity contribution is 0.706. The summed E-state index contributed by atoms with van der Waals surface area (Å²) in [7, 11) is 0. The highest BCUT2D eigenvalue weighted by molar-refractivity contribution is 7.99. The molecular formula is C19H21NS. The molecule has 108 valence electrons. The first kappa shape index (κ1) is 14.4. The molecule has 0 spiro atoms. The smallest absolute Gasteiger partial charge is 0.0721 e. The van der Waals surface area contributed by atoms with E-state index in [1.165, 1.54) is 47.1 Å². The third kappa shape index (κ3) is 3.21. The molecule has 0 aliphatic heterocycles. The van der Waals surface area contributed by atoms with Gasteiger partial charge in [-0.2, -0.15) is 0 Å². The van der Waals surface area contributed by atoms with E-state index in [2.05, 4.69) is 55.5 Å². The summed E-state index contributed by atoms with van der Waals surface area (Å²) in [5.74, 6) is 1.19. The average Bonchev–Trinajstić information content (AvgIpc) is 2.53. The van der Waals surface area contributed by atoms with Crippen molar-refractivity contribution in [3.8, 4) is 0 Å². The molecule has 3 rings (SSSR count). The summed E-state index contributed by atoms with van der Waals surface area (Å²) >= 11 is 1.99. The summed E-state index contributed by atoms with van der Waals surface area (Å²) in [5.41, 5.74) is 2.21. The van der Waals surface area contributed by atoms with Crippen LogP contribution >= 0.6 is 11.8 Å². The molecule has 0 saturated heterocycles. The summed E-state index contributed by atoms with van der Waals surface area (Å²) in [6, 6.07) is 17.0. The van der Waals surface area contributed by atoms with Crippen molar-refractivity contribution < 1.29 is 0 Å². The Morgan fingerprint density at radius 1 is 0.810 bits per heavy atom. The van der Waals surface area contributed by atoms with Crippen LogP contribution in [0.5, 0.6) is 0 Å². The van der Waals surface area contributed by atoms with Crippen LogP contribution in [-0.2, 0) is 0 Å². The van der Waals surface area contributed by atoms with Crippen LogP contribution in [0.3, 0.4) is 0 Å². The van der Waals surface area contributed by atoms with Gasteiger partial charge in [0, 0.05) is 15.7 Å². The Labute approximate surface area is 130 Å². The van der Waals surface area contributed by atoms with Gasteiger partial charge in [0.05, 0.1) is 11.0 Å². The maximum atomic E-state index is 4.78. The van der Waals surface area contributed by atoms with Gasteiger partial charge in [0.15, 0.2) is 0 Å². The lowest BCUT2D eigenvalue weighted by atomic mass is 10.1. The SMILES string of the molecule is CCCCCCSc1c2ccccc2nc2ccccc12. The summed E-state index contributed by atoms with van der Waals surface area (Å²) in [6.07, 6.45) is 5.28. The van der Waals surface area contributed by atoms with E-state index in [1.54, 1.807) is 0 Å². The second-order valence-corrected chi connectivity index (χ2v) is 6.49. The van der Waals surface area contributed by atoms with Crippen molar-refractivity contribution in [2.45, 2.75) is 37.5 Å². The minimum atomic E-state index is 1.10. The lowest BCUT2D eigenvalue weighted by Gasteiger charge is -2.10. The Morgan fingerprint density at radius 3 is 2.05 bits per heavy atom. The number of fused-ring (bicyclic) bond motifs is 2. The Kier molecular flexibility index (Phi) is 4.76. The Bertz CT molecular complexity index is 682. The van der Waals surface area contributed by atoms with Gasteiger partial charge in [0.25, 0.3) is 0 Å². The third-order valence-electron chi connectivity index (χ3n) is 3.78. The van der Waals surface area contributed by atoms with Crippen LogP contribution < -0.4 is 0 Å². The number of aromatic nitrogens is 1. The molecule has 0 unspecified atom stereocenters. The van der Waals surface area contributed by atoms with Gasteiger partial charge in [-0.25, -0.2) is 4.98 Å². The van der Waals surface area contributed by atoms with Crippen molar-refractivity contribution in [1.29, 1.82) is 0 Å². The van der Waals surface area contributed by atoms with E-state index >= 15 is 0 Å². The molecule has 0 fully saturated rings. The van der Waals surface area contributed by atoms with Crippen molar-refractivity contribution in [3.63, 3.8) is 0 Å².